The predicted molar refractivity (Wildman–Crippen MR) is 134 cm³/mol. The number of likely N-dealkylation sites (N-methyl/N-ethyl adjacent to an activating group) is 1. The number of esters is 1. The van der Waals surface area contributed by atoms with Crippen LogP contribution in [0.2, 0.25) is 0 Å². The molecule has 1 aliphatic rings. The molecule has 2 atom stereocenters. The van der Waals surface area contributed by atoms with E-state index in [1.54, 1.807) is 21.3 Å². The number of nitrogens with one attached hydrogen (secondary N) is 1. The summed E-state index contributed by atoms with van der Waals surface area (Å²) in [6.07, 6.45) is 4.22. The molecule has 1 aliphatic heterocycles. The first kappa shape index (κ1) is 33.5. The lowest BCUT2D eigenvalue weighted by Gasteiger charge is -2.37. The van der Waals surface area contributed by atoms with Gasteiger partial charge in [0.15, 0.2) is 6.23 Å². The van der Waals surface area contributed by atoms with Gasteiger partial charge in [-0.2, -0.15) is 4.89 Å². The summed E-state index contributed by atoms with van der Waals surface area (Å²) in [5, 5.41) is 4.30. The number of hydrogen-bond donors (Lipinski definition) is 1. The highest BCUT2D eigenvalue weighted by atomic mass is 19.1. The zero-order valence-corrected chi connectivity index (χ0v) is 21.6. The quantitative estimate of drug-likeness (QED) is 0.109. The molecule has 0 bridgehead atoms. The Labute approximate surface area is 213 Å². The third kappa shape index (κ3) is 13.6. The van der Waals surface area contributed by atoms with Crippen molar-refractivity contribution in [3.05, 3.63) is 73.2 Å². The highest BCUT2D eigenvalue weighted by Gasteiger charge is 2.33. The molecule has 0 aliphatic carbocycles. The standard InChI is InChI=1S/C19H25FN2O5.C6H14O3/c1-7-9-16(14(4)20)17-21-18(26-27-22(17)5)15(8-2)12-13(3)19(23)25-11-10-24-6;1-7-3-5-9-6-4-8-2/h7-9,12,17-18,21H,1-4,10-11H2,5-6H3;3-6H2,1-2H3/b15-12+,16-9+;. The van der Waals surface area contributed by atoms with E-state index in [0.29, 0.717) is 32.0 Å². The number of carbonyl (C=O) groups excluding carboxylic acids is 1. The number of nitrogens with zero attached hydrogens (tertiary/aromatic N) is 1. The van der Waals surface area contributed by atoms with Gasteiger partial charge in [-0.15, -0.1) is 10.1 Å². The second kappa shape index (κ2) is 20.7. The van der Waals surface area contributed by atoms with Crippen LogP contribution in [-0.2, 0) is 38.4 Å². The van der Waals surface area contributed by atoms with Crippen molar-refractivity contribution < 1.29 is 42.7 Å². The Hall–Kier alpha value is -2.48. The number of halogens is 1. The number of hydrogen-bond acceptors (Lipinski definition) is 10. The number of hydroxylamine groups is 2. The van der Waals surface area contributed by atoms with Crippen LogP contribution in [0.5, 0.6) is 0 Å². The number of methoxy groups -OCH3 is 3. The van der Waals surface area contributed by atoms with E-state index in [0.717, 1.165) is 0 Å². The van der Waals surface area contributed by atoms with Crippen LogP contribution in [-0.4, -0.2) is 91.4 Å². The summed E-state index contributed by atoms with van der Waals surface area (Å²) in [4.78, 5) is 22.3. The summed E-state index contributed by atoms with van der Waals surface area (Å²) in [5.74, 6) is -1.26. The average molecular weight is 515 g/mol. The van der Waals surface area contributed by atoms with Crippen molar-refractivity contribution in [2.24, 2.45) is 0 Å². The van der Waals surface area contributed by atoms with Gasteiger partial charge in [-0.05, 0) is 11.6 Å². The maximum Gasteiger partial charge on any atom is 0.337 e. The van der Waals surface area contributed by atoms with E-state index in [1.165, 1.54) is 36.5 Å². The lowest BCUT2D eigenvalue weighted by Crippen LogP contribution is -2.56. The fourth-order valence-electron chi connectivity index (χ4n) is 2.52. The van der Waals surface area contributed by atoms with Crippen molar-refractivity contribution in [1.29, 1.82) is 0 Å². The number of ether oxygens (including phenoxy) is 5. The third-order valence-corrected chi connectivity index (χ3v) is 4.36. The molecule has 1 heterocycles. The average Bonchev–Trinajstić information content (AvgIpc) is 2.86. The number of rotatable bonds is 16. The molecule has 10 nitrogen and oxygen atoms in total. The minimum absolute atomic E-state index is 0.0821. The lowest BCUT2D eigenvalue weighted by molar-refractivity contribution is -0.472. The van der Waals surface area contributed by atoms with E-state index in [9.17, 15) is 9.18 Å². The van der Waals surface area contributed by atoms with Gasteiger partial charge in [0.05, 0.1) is 38.6 Å². The van der Waals surface area contributed by atoms with Crippen molar-refractivity contribution >= 4 is 5.97 Å². The van der Waals surface area contributed by atoms with E-state index < -0.39 is 24.2 Å². The van der Waals surface area contributed by atoms with E-state index in [2.05, 4.69) is 31.6 Å². The zero-order chi connectivity index (χ0) is 27.3. The first-order valence-electron chi connectivity index (χ1n) is 11.0. The van der Waals surface area contributed by atoms with Gasteiger partial charge in [-0.1, -0.05) is 44.5 Å². The molecule has 204 valence electrons. The monoisotopic (exact) mass is 514 g/mol. The molecular weight excluding hydrogens is 475 g/mol. The van der Waals surface area contributed by atoms with Gasteiger partial charge in [0.2, 0.25) is 0 Å². The van der Waals surface area contributed by atoms with E-state index in [4.69, 9.17) is 33.6 Å². The molecule has 11 heteroatoms. The topological polar surface area (TPSA) is 97.0 Å². The van der Waals surface area contributed by atoms with Crippen LogP contribution in [0.1, 0.15) is 0 Å². The Morgan fingerprint density at radius 1 is 1.03 bits per heavy atom. The van der Waals surface area contributed by atoms with Crippen molar-refractivity contribution in [2.75, 3.05) is 68.0 Å². The first-order valence-corrected chi connectivity index (χ1v) is 11.0. The Morgan fingerprint density at radius 2 is 1.61 bits per heavy atom. The smallest absolute Gasteiger partial charge is 0.337 e. The van der Waals surface area contributed by atoms with E-state index in [-0.39, 0.29) is 24.4 Å². The Kier molecular flexibility index (Phi) is 19.3. The largest absolute Gasteiger partial charge is 0.460 e. The molecule has 0 aromatic heterocycles. The van der Waals surface area contributed by atoms with Gasteiger partial charge >= 0.3 is 5.97 Å². The minimum Gasteiger partial charge on any atom is -0.460 e. The number of allylic oxidation sites excluding steroid dienone is 2. The molecule has 1 saturated heterocycles. The second-order valence-corrected chi connectivity index (χ2v) is 7.03. The van der Waals surface area contributed by atoms with Crippen molar-refractivity contribution in [2.45, 2.75) is 12.4 Å². The highest BCUT2D eigenvalue weighted by molar-refractivity contribution is 5.91. The molecule has 0 aromatic carbocycles. The summed E-state index contributed by atoms with van der Waals surface area (Å²) >= 11 is 0. The normalized spacial score (nSPS) is 18.6. The van der Waals surface area contributed by atoms with Gasteiger partial charge in [0.25, 0.3) is 0 Å². The van der Waals surface area contributed by atoms with Gasteiger partial charge < -0.3 is 23.7 Å². The van der Waals surface area contributed by atoms with Crippen LogP contribution >= 0.6 is 0 Å². The maximum absolute atomic E-state index is 13.8. The molecule has 0 saturated carbocycles. The zero-order valence-electron chi connectivity index (χ0n) is 21.6. The summed E-state index contributed by atoms with van der Waals surface area (Å²) in [5.41, 5.74) is 0.727. The highest BCUT2D eigenvalue weighted by Crippen LogP contribution is 2.23. The SMILES string of the molecule is C=C/C=C(\C(=C)F)C1NC(/C(C=C)=C/C(=C)C(=O)OCCOC)OON1C.COCCOCCOC. The van der Waals surface area contributed by atoms with Crippen LogP contribution in [0, 0.1) is 0 Å². The fraction of sp³-hybridized carbons (Fsp3) is 0.480. The van der Waals surface area contributed by atoms with Crippen LogP contribution in [0.25, 0.3) is 0 Å². The second-order valence-electron chi connectivity index (χ2n) is 7.03. The first-order chi connectivity index (χ1) is 17.3. The molecular formula is C25H39FN2O8. The van der Waals surface area contributed by atoms with Crippen molar-refractivity contribution in [3.63, 3.8) is 0 Å². The van der Waals surface area contributed by atoms with Crippen LogP contribution in [0.15, 0.2) is 73.2 Å². The number of carbonyl (C=O) groups is 1. The molecule has 2 unspecified atom stereocenters. The van der Waals surface area contributed by atoms with Crippen LogP contribution in [0.3, 0.4) is 0 Å². The van der Waals surface area contributed by atoms with Crippen LogP contribution in [0.4, 0.5) is 4.39 Å². The van der Waals surface area contributed by atoms with Gasteiger partial charge in [-0.25, -0.2) is 9.18 Å². The third-order valence-electron chi connectivity index (χ3n) is 4.36. The van der Waals surface area contributed by atoms with Crippen LogP contribution < -0.4 is 5.32 Å². The Bertz CT molecular complexity index is 763. The molecule has 0 aromatic rings. The Balaban J connectivity index is 0.00000115. The molecule has 1 fully saturated rings. The molecule has 0 amide bonds. The summed E-state index contributed by atoms with van der Waals surface area (Å²) < 4.78 is 38.2. The van der Waals surface area contributed by atoms with Gasteiger partial charge in [-0.3, -0.25) is 5.32 Å². The maximum atomic E-state index is 13.8. The van der Waals surface area contributed by atoms with E-state index >= 15 is 0 Å². The van der Waals surface area contributed by atoms with Gasteiger partial charge in [0.1, 0.15) is 18.6 Å². The molecule has 36 heavy (non-hydrogen) atoms. The van der Waals surface area contributed by atoms with Gasteiger partial charge in [0, 0.05) is 34.0 Å². The predicted octanol–water partition coefficient (Wildman–Crippen LogP) is 2.79. The van der Waals surface area contributed by atoms with Crippen molar-refractivity contribution in [1.82, 2.24) is 10.4 Å². The summed E-state index contributed by atoms with van der Waals surface area (Å²) in [6.45, 7) is 17.2. The van der Waals surface area contributed by atoms with Crippen molar-refractivity contribution in [3.8, 4) is 0 Å². The summed E-state index contributed by atoms with van der Waals surface area (Å²) in [7, 11) is 6.36. The lowest BCUT2D eigenvalue weighted by atomic mass is 10.1. The van der Waals surface area contributed by atoms with E-state index in [1.807, 2.05) is 0 Å². The Morgan fingerprint density at radius 3 is 2.11 bits per heavy atom. The fourth-order valence-corrected chi connectivity index (χ4v) is 2.52. The summed E-state index contributed by atoms with van der Waals surface area (Å²) in [6, 6.07) is 0. The minimum atomic E-state index is -0.847. The molecule has 0 radical (unpaired) electrons. The molecule has 1 N–H and O–H groups in total. The molecule has 0 spiro atoms. The molecule has 1 rings (SSSR count).